The van der Waals surface area contributed by atoms with Crippen molar-refractivity contribution in [2.24, 2.45) is 0 Å². The van der Waals surface area contributed by atoms with Crippen LogP contribution in [0.4, 0.5) is 0 Å². The third-order valence-corrected chi connectivity index (χ3v) is 4.26. The molecule has 1 saturated carbocycles. The predicted molar refractivity (Wildman–Crippen MR) is 89.7 cm³/mol. The van der Waals surface area contributed by atoms with E-state index in [1.54, 1.807) is 24.3 Å². The lowest BCUT2D eigenvalue weighted by Gasteiger charge is -2.12. The first-order valence-corrected chi connectivity index (χ1v) is 8.18. The number of rotatable bonds is 4. The third-order valence-electron chi connectivity index (χ3n) is 4.26. The van der Waals surface area contributed by atoms with Crippen molar-refractivity contribution in [1.82, 2.24) is 10.1 Å². The van der Waals surface area contributed by atoms with Crippen molar-refractivity contribution in [1.29, 1.82) is 0 Å². The summed E-state index contributed by atoms with van der Waals surface area (Å²) in [7, 11) is 0. The van der Waals surface area contributed by atoms with Gasteiger partial charge in [0, 0.05) is 11.1 Å². The van der Waals surface area contributed by atoms with E-state index in [1.807, 2.05) is 24.3 Å². The van der Waals surface area contributed by atoms with Gasteiger partial charge < -0.3 is 14.4 Å². The number of phenolic OH excluding ortho intramolecular Hbond substituents is 1. The highest BCUT2D eigenvalue weighted by Crippen LogP contribution is 2.27. The molecule has 0 unspecified atom stereocenters. The average molecular weight is 322 g/mol. The molecule has 24 heavy (non-hydrogen) atoms. The minimum Gasteiger partial charge on any atom is -0.508 e. The van der Waals surface area contributed by atoms with E-state index < -0.39 is 0 Å². The van der Waals surface area contributed by atoms with E-state index in [0.29, 0.717) is 17.8 Å². The summed E-state index contributed by atoms with van der Waals surface area (Å²) in [6.45, 7) is 0. The summed E-state index contributed by atoms with van der Waals surface area (Å²) in [5, 5.41) is 13.3. The average Bonchev–Trinajstić information content (AvgIpc) is 3.28. The Hall–Kier alpha value is -2.82. The Morgan fingerprint density at radius 2 is 1.58 bits per heavy atom. The van der Waals surface area contributed by atoms with Gasteiger partial charge in [0.1, 0.15) is 11.5 Å². The van der Waals surface area contributed by atoms with Crippen molar-refractivity contribution < 1.29 is 14.4 Å². The van der Waals surface area contributed by atoms with Crippen LogP contribution in [0.5, 0.6) is 11.5 Å². The number of hydrogen-bond acceptors (Lipinski definition) is 5. The number of aromatic hydroxyl groups is 1. The van der Waals surface area contributed by atoms with E-state index in [4.69, 9.17) is 9.26 Å². The minimum atomic E-state index is 0.209. The molecule has 1 aliphatic rings. The summed E-state index contributed by atoms with van der Waals surface area (Å²) in [6, 6.07) is 14.4. The zero-order valence-corrected chi connectivity index (χ0v) is 13.2. The molecule has 0 atom stereocenters. The number of hydrogen-bond donors (Lipinski definition) is 1. The molecule has 1 N–H and O–H groups in total. The summed E-state index contributed by atoms with van der Waals surface area (Å²) < 4.78 is 11.3. The molecule has 1 aliphatic carbocycles. The summed E-state index contributed by atoms with van der Waals surface area (Å²) in [4.78, 5) is 4.41. The standard InChI is InChI=1S/C19H18N2O3/c22-15-9-5-13(6-10-15)18-20-19(24-21-18)14-7-11-17(12-8-14)23-16-3-1-2-4-16/h5-12,16,22H,1-4H2. The van der Waals surface area contributed by atoms with Crippen molar-refractivity contribution >= 4 is 0 Å². The Morgan fingerprint density at radius 3 is 2.29 bits per heavy atom. The Morgan fingerprint density at radius 1 is 0.917 bits per heavy atom. The molecule has 0 spiro atoms. The van der Waals surface area contributed by atoms with E-state index >= 15 is 0 Å². The molecule has 0 bridgehead atoms. The van der Waals surface area contributed by atoms with Gasteiger partial charge in [-0.05, 0) is 74.2 Å². The zero-order valence-electron chi connectivity index (χ0n) is 13.2. The number of aromatic nitrogens is 2. The van der Waals surface area contributed by atoms with E-state index in [2.05, 4.69) is 10.1 Å². The molecule has 5 heteroatoms. The van der Waals surface area contributed by atoms with Crippen LogP contribution >= 0.6 is 0 Å². The molecule has 2 aromatic carbocycles. The molecule has 0 amide bonds. The van der Waals surface area contributed by atoms with Gasteiger partial charge >= 0.3 is 0 Å². The first kappa shape index (κ1) is 14.8. The predicted octanol–water partition coefficient (Wildman–Crippen LogP) is 4.43. The van der Waals surface area contributed by atoms with Crippen molar-refractivity contribution in [3.8, 4) is 34.3 Å². The highest BCUT2D eigenvalue weighted by atomic mass is 16.5. The maximum atomic E-state index is 9.34. The Labute approximate surface area is 139 Å². The summed E-state index contributed by atoms with van der Waals surface area (Å²) >= 11 is 0. The highest BCUT2D eigenvalue weighted by molar-refractivity contribution is 5.60. The lowest BCUT2D eigenvalue weighted by molar-refractivity contribution is 0.210. The summed E-state index contributed by atoms with van der Waals surface area (Å²) in [5.74, 6) is 2.05. The molecule has 0 saturated heterocycles. The molecule has 0 aliphatic heterocycles. The van der Waals surface area contributed by atoms with Gasteiger partial charge in [-0.3, -0.25) is 0 Å². The smallest absolute Gasteiger partial charge is 0.258 e. The van der Waals surface area contributed by atoms with Crippen LogP contribution in [0, 0.1) is 0 Å². The van der Waals surface area contributed by atoms with Crippen molar-refractivity contribution in [3.05, 3.63) is 48.5 Å². The van der Waals surface area contributed by atoms with Crippen LogP contribution in [-0.4, -0.2) is 21.4 Å². The van der Waals surface area contributed by atoms with E-state index in [-0.39, 0.29) is 5.75 Å². The zero-order chi connectivity index (χ0) is 16.4. The van der Waals surface area contributed by atoms with Crippen LogP contribution < -0.4 is 4.74 Å². The lowest BCUT2D eigenvalue weighted by atomic mass is 10.2. The van der Waals surface area contributed by atoms with E-state index in [0.717, 1.165) is 29.7 Å². The van der Waals surface area contributed by atoms with Gasteiger partial charge in [0.25, 0.3) is 5.89 Å². The quantitative estimate of drug-likeness (QED) is 0.769. The van der Waals surface area contributed by atoms with Gasteiger partial charge in [-0.25, -0.2) is 0 Å². The van der Waals surface area contributed by atoms with E-state index in [1.165, 1.54) is 12.8 Å². The summed E-state index contributed by atoms with van der Waals surface area (Å²) in [6.07, 6.45) is 5.14. The second kappa shape index (κ2) is 6.35. The molecule has 122 valence electrons. The fourth-order valence-corrected chi connectivity index (χ4v) is 2.94. The molecule has 1 fully saturated rings. The monoisotopic (exact) mass is 322 g/mol. The van der Waals surface area contributed by atoms with Crippen LogP contribution in [0.1, 0.15) is 25.7 Å². The molecule has 4 rings (SSSR count). The SMILES string of the molecule is Oc1ccc(-c2noc(-c3ccc(OC4CCCC4)cc3)n2)cc1. The number of benzene rings is 2. The third kappa shape index (κ3) is 3.11. The Kier molecular flexibility index (Phi) is 3.91. The van der Waals surface area contributed by atoms with Gasteiger partial charge in [0.05, 0.1) is 6.10 Å². The van der Waals surface area contributed by atoms with Crippen LogP contribution in [0.3, 0.4) is 0 Å². The van der Waals surface area contributed by atoms with Crippen LogP contribution in [0.15, 0.2) is 53.1 Å². The lowest BCUT2D eigenvalue weighted by Crippen LogP contribution is -2.10. The van der Waals surface area contributed by atoms with Crippen LogP contribution in [-0.2, 0) is 0 Å². The van der Waals surface area contributed by atoms with Gasteiger partial charge in [-0.15, -0.1) is 0 Å². The van der Waals surface area contributed by atoms with Gasteiger partial charge in [-0.1, -0.05) is 5.16 Å². The van der Waals surface area contributed by atoms with Crippen molar-refractivity contribution in [3.63, 3.8) is 0 Å². The van der Waals surface area contributed by atoms with E-state index in [9.17, 15) is 5.11 Å². The van der Waals surface area contributed by atoms with Crippen molar-refractivity contribution in [2.45, 2.75) is 31.8 Å². The molecule has 1 heterocycles. The molecule has 5 nitrogen and oxygen atoms in total. The molecule has 1 aromatic heterocycles. The Bertz CT molecular complexity index is 803. The number of ether oxygens (including phenoxy) is 1. The number of nitrogens with zero attached hydrogens (tertiary/aromatic N) is 2. The second-order valence-corrected chi connectivity index (χ2v) is 6.02. The largest absolute Gasteiger partial charge is 0.508 e. The van der Waals surface area contributed by atoms with Gasteiger partial charge in [0.2, 0.25) is 5.82 Å². The topological polar surface area (TPSA) is 68.4 Å². The minimum absolute atomic E-state index is 0.209. The first-order chi connectivity index (χ1) is 11.8. The highest BCUT2D eigenvalue weighted by Gasteiger charge is 2.16. The Balaban J connectivity index is 1.50. The molecular weight excluding hydrogens is 304 g/mol. The number of phenols is 1. The normalized spacial score (nSPS) is 14.8. The molecule has 3 aromatic rings. The summed E-state index contributed by atoms with van der Waals surface area (Å²) in [5.41, 5.74) is 1.65. The van der Waals surface area contributed by atoms with Gasteiger partial charge in [-0.2, -0.15) is 4.98 Å². The van der Waals surface area contributed by atoms with Crippen LogP contribution in [0.2, 0.25) is 0 Å². The fourth-order valence-electron chi connectivity index (χ4n) is 2.94. The first-order valence-electron chi connectivity index (χ1n) is 8.18. The molecular formula is C19H18N2O3. The molecule has 0 radical (unpaired) electrons. The maximum absolute atomic E-state index is 9.34. The van der Waals surface area contributed by atoms with Crippen molar-refractivity contribution in [2.75, 3.05) is 0 Å². The maximum Gasteiger partial charge on any atom is 0.258 e. The fraction of sp³-hybridized carbons (Fsp3) is 0.263. The van der Waals surface area contributed by atoms with Crippen LogP contribution in [0.25, 0.3) is 22.8 Å². The second-order valence-electron chi connectivity index (χ2n) is 6.02. The van der Waals surface area contributed by atoms with Gasteiger partial charge in [0.15, 0.2) is 0 Å².